The second-order valence-corrected chi connectivity index (χ2v) is 4.70. The highest BCUT2D eigenvalue weighted by Crippen LogP contribution is 2.29. The first kappa shape index (κ1) is 17.3. The fraction of sp³-hybridized carbons (Fsp3) is 0.500. The van der Waals surface area contributed by atoms with Gasteiger partial charge in [-0.1, -0.05) is 13.3 Å². The molecule has 1 aromatic carbocycles. The van der Waals surface area contributed by atoms with Crippen LogP contribution in [0.25, 0.3) is 0 Å². The van der Waals surface area contributed by atoms with Gasteiger partial charge in [0.15, 0.2) is 0 Å². The van der Waals surface area contributed by atoms with E-state index in [1.165, 1.54) is 12.1 Å². The number of anilines is 1. The minimum Gasteiger partial charge on any atom is -0.396 e. The fourth-order valence-corrected chi connectivity index (χ4v) is 1.79. The molecule has 0 heterocycles. The maximum absolute atomic E-state index is 12.4. The van der Waals surface area contributed by atoms with Gasteiger partial charge in [-0.25, -0.2) is 4.79 Å². The van der Waals surface area contributed by atoms with E-state index in [1.54, 1.807) is 0 Å². The van der Waals surface area contributed by atoms with Gasteiger partial charge in [-0.2, -0.15) is 13.2 Å². The van der Waals surface area contributed by atoms with Crippen molar-refractivity contribution in [1.82, 2.24) is 5.32 Å². The summed E-state index contributed by atoms with van der Waals surface area (Å²) in [6.07, 6.45) is -2.97. The summed E-state index contributed by atoms with van der Waals surface area (Å²) in [7, 11) is 0. The van der Waals surface area contributed by atoms with Crippen molar-refractivity contribution in [3.63, 3.8) is 0 Å². The van der Waals surface area contributed by atoms with Crippen molar-refractivity contribution >= 4 is 11.7 Å². The van der Waals surface area contributed by atoms with Crippen molar-refractivity contribution in [3.8, 4) is 0 Å². The highest BCUT2D eigenvalue weighted by Gasteiger charge is 2.29. The number of alkyl halides is 3. The smallest absolute Gasteiger partial charge is 0.396 e. The number of nitrogens with one attached hydrogen (secondary N) is 2. The van der Waals surface area contributed by atoms with Crippen LogP contribution in [0, 0.1) is 5.92 Å². The summed E-state index contributed by atoms with van der Waals surface area (Å²) in [6, 6.07) is 3.75. The minimum atomic E-state index is -4.39. The van der Waals surface area contributed by atoms with Gasteiger partial charge in [-0.05, 0) is 36.6 Å². The predicted octanol–water partition coefficient (Wildman–Crippen LogP) is 3.24. The van der Waals surface area contributed by atoms with Crippen LogP contribution in [-0.4, -0.2) is 24.3 Å². The van der Waals surface area contributed by atoms with Gasteiger partial charge >= 0.3 is 12.2 Å². The number of hydrogen-bond acceptors (Lipinski definition) is 2. The number of benzene rings is 1. The number of carbonyl (C=O) groups is 1. The average molecular weight is 304 g/mol. The summed E-state index contributed by atoms with van der Waals surface area (Å²) in [5.41, 5.74) is -0.474. The molecular weight excluding hydrogens is 285 g/mol. The van der Waals surface area contributed by atoms with E-state index in [9.17, 15) is 18.0 Å². The number of amides is 2. The first-order chi connectivity index (χ1) is 9.86. The molecule has 7 heteroatoms. The van der Waals surface area contributed by atoms with Gasteiger partial charge in [-0.15, -0.1) is 0 Å². The van der Waals surface area contributed by atoms with Crippen LogP contribution in [0.4, 0.5) is 23.7 Å². The van der Waals surface area contributed by atoms with Crippen LogP contribution in [0.1, 0.15) is 25.3 Å². The molecule has 1 aromatic rings. The van der Waals surface area contributed by atoms with E-state index in [2.05, 4.69) is 10.6 Å². The summed E-state index contributed by atoms with van der Waals surface area (Å²) in [4.78, 5) is 11.6. The Bertz CT molecular complexity index is 447. The number of aliphatic hydroxyl groups is 1. The topological polar surface area (TPSA) is 61.4 Å². The third-order valence-corrected chi connectivity index (χ3v) is 3.14. The van der Waals surface area contributed by atoms with Gasteiger partial charge in [-0.3, -0.25) is 0 Å². The number of rotatable bonds is 6. The molecule has 1 unspecified atom stereocenters. The Morgan fingerprint density at radius 1 is 1.29 bits per heavy atom. The molecule has 0 aromatic heterocycles. The lowest BCUT2D eigenvalue weighted by atomic mass is 10.0. The molecule has 0 aliphatic carbocycles. The maximum Gasteiger partial charge on any atom is 0.416 e. The molecule has 3 N–H and O–H groups in total. The first-order valence-electron chi connectivity index (χ1n) is 6.69. The zero-order valence-corrected chi connectivity index (χ0v) is 11.7. The van der Waals surface area contributed by atoms with E-state index < -0.39 is 17.8 Å². The van der Waals surface area contributed by atoms with Crippen molar-refractivity contribution in [2.45, 2.75) is 25.9 Å². The number of hydrogen-bond donors (Lipinski definition) is 3. The molecular formula is C14H19F3N2O2. The predicted molar refractivity (Wildman–Crippen MR) is 73.9 cm³/mol. The summed E-state index contributed by atoms with van der Waals surface area (Å²) >= 11 is 0. The molecule has 118 valence electrons. The van der Waals surface area contributed by atoms with Crippen LogP contribution in [-0.2, 0) is 6.18 Å². The van der Waals surface area contributed by atoms with Crippen LogP contribution in [0.3, 0.4) is 0 Å². The fourth-order valence-electron chi connectivity index (χ4n) is 1.79. The monoisotopic (exact) mass is 304 g/mol. The Hall–Kier alpha value is -1.76. The van der Waals surface area contributed by atoms with Crippen molar-refractivity contribution < 1.29 is 23.1 Å². The molecule has 0 saturated carbocycles. The normalized spacial score (nSPS) is 12.8. The maximum atomic E-state index is 12.4. The zero-order valence-electron chi connectivity index (χ0n) is 11.7. The van der Waals surface area contributed by atoms with Crippen LogP contribution in [0.2, 0.25) is 0 Å². The van der Waals surface area contributed by atoms with E-state index in [4.69, 9.17) is 5.11 Å². The molecule has 1 rings (SSSR count). The third-order valence-electron chi connectivity index (χ3n) is 3.14. The molecule has 0 aliphatic heterocycles. The van der Waals surface area contributed by atoms with Crippen LogP contribution >= 0.6 is 0 Å². The summed E-state index contributed by atoms with van der Waals surface area (Å²) in [6.45, 7) is 2.42. The molecule has 0 radical (unpaired) electrons. The molecule has 0 saturated heterocycles. The lowest BCUT2D eigenvalue weighted by molar-refractivity contribution is -0.137. The molecule has 21 heavy (non-hydrogen) atoms. The van der Waals surface area contributed by atoms with E-state index in [-0.39, 0.29) is 18.2 Å². The van der Waals surface area contributed by atoms with E-state index in [0.29, 0.717) is 13.0 Å². The SMILES string of the molecule is CCC(CCO)CNC(=O)Nc1ccc(C(F)(F)F)cc1. The number of urea groups is 1. The molecule has 1 atom stereocenters. The van der Waals surface area contributed by atoms with Crippen molar-refractivity contribution in [2.75, 3.05) is 18.5 Å². The Morgan fingerprint density at radius 3 is 2.38 bits per heavy atom. The molecule has 2 amide bonds. The Morgan fingerprint density at radius 2 is 1.90 bits per heavy atom. The summed E-state index contributed by atoms with van der Waals surface area (Å²) in [5.74, 6) is 0.174. The Kier molecular flexibility index (Phi) is 6.48. The molecule has 0 fully saturated rings. The zero-order chi connectivity index (χ0) is 15.9. The molecule has 0 aliphatic rings. The lowest BCUT2D eigenvalue weighted by Gasteiger charge is -2.15. The second-order valence-electron chi connectivity index (χ2n) is 4.70. The number of carbonyl (C=O) groups excluding carboxylic acids is 1. The van der Waals surface area contributed by atoms with Crippen molar-refractivity contribution in [1.29, 1.82) is 0 Å². The minimum absolute atomic E-state index is 0.0563. The van der Waals surface area contributed by atoms with Gasteiger partial charge in [0.25, 0.3) is 0 Å². The van der Waals surface area contributed by atoms with Crippen LogP contribution < -0.4 is 10.6 Å². The first-order valence-corrected chi connectivity index (χ1v) is 6.69. The van der Waals surface area contributed by atoms with Crippen LogP contribution in [0.5, 0.6) is 0 Å². The van der Waals surface area contributed by atoms with Gasteiger partial charge < -0.3 is 15.7 Å². The van der Waals surface area contributed by atoms with Crippen molar-refractivity contribution in [2.24, 2.45) is 5.92 Å². The largest absolute Gasteiger partial charge is 0.416 e. The van der Waals surface area contributed by atoms with Gasteiger partial charge in [0.1, 0.15) is 0 Å². The van der Waals surface area contributed by atoms with E-state index in [0.717, 1.165) is 18.6 Å². The quantitative estimate of drug-likeness (QED) is 0.755. The molecule has 0 spiro atoms. The van der Waals surface area contributed by atoms with Gasteiger partial charge in [0.2, 0.25) is 0 Å². The third kappa shape index (κ3) is 6.03. The Labute approximate surface area is 121 Å². The highest BCUT2D eigenvalue weighted by molar-refractivity contribution is 5.89. The summed E-state index contributed by atoms with van der Waals surface area (Å²) < 4.78 is 37.1. The lowest BCUT2D eigenvalue weighted by Crippen LogP contribution is -2.33. The standard InChI is InChI=1S/C14H19F3N2O2/c1-2-10(7-8-20)9-18-13(21)19-12-5-3-11(4-6-12)14(15,16)17/h3-6,10,20H,2,7-9H2,1H3,(H2,18,19,21). The van der Waals surface area contributed by atoms with Crippen LogP contribution in [0.15, 0.2) is 24.3 Å². The number of aliphatic hydroxyl groups excluding tert-OH is 1. The van der Waals surface area contributed by atoms with E-state index in [1.807, 2.05) is 6.92 Å². The Balaban J connectivity index is 2.48. The number of halogens is 3. The van der Waals surface area contributed by atoms with E-state index >= 15 is 0 Å². The molecule has 4 nitrogen and oxygen atoms in total. The molecule has 0 bridgehead atoms. The second kappa shape index (κ2) is 7.87. The summed E-state index contributed by atoms with van der Waals surface area (Å²) in [5, 5.41) is 13.9. The van der Waals surface area contributed by atoms with Gasteiger partial charge in [0.05, 0.1) is 5.56 Å². The van der Waals surface area contributed by atoms with Gasteiger partial charge in [0, 0.05) is 18.8 Å². The average Bonchev–Trinajstić information content (AvgIpc) is 2.43. The highest BCUT2D eigenvalue weighted by atomic mass is 19.4. The van der Waals surface area contributed by atoms with Crippen molar-refractivity contribution in [3.05, 3.63) is 29.8 Å².